The fraction of sp³-hybridized carbons (Fsp3) is 0.385. The summed E-state index contributed by atoms with van der Waals surface area (Å²) in [4.78, 5) is 25.1. The maximum absolute atomic E-state index is 11.8. The SMILES string of the molecule is CCC1C(=O)NC(=O)CN1Cc1ccc(Br)c(N)c1. The maximum Gasteiger partial charge on any atom is 0.243 e. The van der Waals surface area contributed by atoms with Gasteiger partial charge in [0.15, 0.2) is 0 Å². The van der Waals surface area contributed by atoms with Gasteiger partial charge in [0.1, 0.15) is 0 Å². The van der Waals surface area contributed by atoms with Crippen molar-refractivity contribution in [3.8, 4) is 0 Å². The van der Waals surface area contributed by atoms with Gasteiger partial charge in [-0.3, -0.25) is 19.8 Å². The lowest BCUT2D eigenvalue weighted by molar-refractivity contribution is -0.140. The smallest absolute Gasteiger partial charge is 0.243 e. The molecule has 1 saturated heterocycles. The Balaban J connectivity index is 2.17. The molecule has 19 heavy (non-hydrogen) atoms. The molecule has 1 aromatic rings. The monoisotopic (exact) mass is 325 g/mol. The summed E-state index contributed by atoms with van der Waals surface area (Å²) in [6, 6.07) is 5.40. The number of carbonyl (C=O) groups is 2. The number of nitrogens with two attached hydrogens (primary N) is 1. The van der Waals surface area contributed by atoms with Crippen LogP contribution in [0.5, 0.6) is 0 Å². The number of imide groups is 1. The van der Waals surface area contributed by atoms with Crippen LogP contribution in [-0.4, -0.2) is 29.3 Å². The topological polar surface area (TPSA) is 75.4 Å². The van der Waals surface area contributed by atoms with Crippen molar-refractivity contribution in [3.63, 3.8) is 0 Å². The van der Waals surface area contributed by atoms with Crippen molar-refractivity contribution in [1.82, 2.24) is 10.2 Å². The van der Waals surface area contributed by atoms with Crippen molar-refractivity contribution in [1.29, 1.82) is 0 Å². The molecule has 1 aliphatic heterocycles. The van der Waals surface area contributed by atoms with Crippen molar-refractivity contribution in [2.24, 2.45) is 0 Å². The first kappa shape index (κ1) is 14.0. The first-order chi connectivity index (χ1) is 9.01. The van der Waals surface area contributed by atoms with Gasteiger partial charge in [-0.1, -0.05) is 13.0 Å². The number of carbonyl (C=O) groups excluding carboxylic acids is 2. The third-order valence-corrected chi connectivity index (χ3v) is 3.91. The van der Waals surface area contributed by atoms with E-state index in [4.69, 9.17) is 5.73 Å². The minimum atomic E-state index is -0.262. The number of anilines is 1. The number of nitrogen functional groups attached to an aromatic ring is 1. The highest BCUT2D eigenvalue weighted by Gasteiger charge is 2.32. The van der Waals surface area contributed by atoms with Crippen molar-refractivity contribution < 1.29 is 9.59 Å². The maximum atomic E-state index is 11.8. The zero-order valence-corrected chi connectivity index (χ0v) is 12.2. The van der Waals surface area contributed by atoms with Crippen molar-refractivity contribution in [3.05, 3.63) is 28.2 Å². The van der Waals surface area contributed by atoms with E-state index in [1.165, 1.54) is 0 Å². The minimum absolute atomic E-state index is 0.219. The van der Waals surface area contributed by atoms with Gasteiger partial charge in [0.2, 0.25) is 11.8 Å². The van der Waals surface area contributed by atoms with E-state index in [1.807, 2.05) is 30.0 Å². The Hall–Kier alpha value is -1.40. The molecule has 1 fully saturated rings. The van der Waals surface area contributed by atoms with E-state index in [9.17, 15) is 9.59 Å². The Morgan fingerprint density at radius 3 is 2.84 bits per heavy atom. The molecule has 2 amide bonds. The molecule has 5 nitrogen and oxygen atoms in total. The second kappa shape index (κ2) is 5.71. The lowest BCUT2D eigenvalue weighted by Crippen LogP contribution is -2.57. The second-order valence-corrected chi connectivity index (χ2v) is 5.45. The summed E-state index contributed by atoms with van der Waals surface area (Å²) >= 11 is 3.34. The van der Waals surface area contributed by atoms with Gasteiger partial charge in [-0.2, -0.15) is 0 Å². The summed E-state index contributed by atoms with van der Waals surface area (Å²) in [6.45, 7) is 2.71. The molecule has 1 aromatic carbocycles. The minimum Gasteiger partial charge on any atom is -0.398 e. The van der Waals surface area contributed by atoms with Crippen LogP contribution in [0.15, 0.2) is 22.7 Å². The number of hydrogen-bond donors (Lipinski definition) is 2. The van der Waals surface area contributed by atoms with Crippen LogP contribution < -0.4 is 11.1 Å². The van der Waals surface area contributed by atoms with Gasteiger partial charge in [0, 0.05) is 16.7 Å². The fourth-order valence-corrected chi connectivity index (χ4v) is 2.50. The van der Waals surface area contributed by atoms with E-state index < -0.39 is 0 Å². The average molecular weight is 326 g/mol. The van der Waals surface area contributed by atoms with E-state index in [0.29, 0.717) is 18.7 Å². The van der Waals surface area contributed by atoms with Gasteiger partial charge in [0.05, 0.1) is 12.6 Å². The molecule has 6 heteroatoms. The zero-order chi connectivity index (χ0) is 14.0. The van der Waals surface area contributed by atoms with Gasteiger partial charge < -0.3 is 5.73 Å². The molecule has 0 spiro atoms. The number of benzene rings is 1. The van der Waals surface area contributed by atoms with E-state index in [-0.39, 0.29) is 24.4 Å². The van der Waals surface area contributed by atoms with Gasteiger partial charge in [-0.25, -0.2) is 0 Å². The highest BCUT2D eigenvalue weighted by atomic mass is 79.9. The lowest BCUT2D eigenvalue weighted by Gasteiger charge is -2.33. The summed E-state index contributed by atoms with van der Waals surface area (Å²) in [5, 5.41) is 2.36. The number of hydrogen-bond acceptors (Lipinski definition) is 4. The highest BCUT2D eigenvalue weighted by molar-refractivity contribution is 9.10. The molecule has 102 valence electrons. The number of nitrogens with zero attached hydrogens (tertiary/aromatic N) is 1. The van der Waals surface area contributed by atoms with Crippen molar-refractivity contribution in [2.45, 2.75) is 25.9 Å². The van der Waals surface area contributed by atoms with Crippen LogP contribution in [0, 0.1) is 0 Å². The zero-order valence-electron chi connectivity index (χ0n) is 10.6. The van der Waals surface area contributed by atoms with Gasteiger partial charge in [-0.15, -0.1) is 0 Å². The van der Waals surface area contributed by atoms with Crippen LogP contribution in [0.2, 0.25) is 0 Å². The number of piperazine rings is 1. The summed E-state index contributed by atoms with van der Waals surface area (Å²) in [5.74, 6) is -0.469. The average Bonchev–Trinajstić information content (AvgIpc) is 2.33. The predicted octanol–water partition coefficient (Wildman–Crippen LogP) is 1.27. The molecule has 1 atom stereocenters. The summed E-state index contributed by atoms with van der Waals surface area (Å²) in [6.07, 6.45) is 0.672. The summed E-state index contributed by atoms with van der Waals surface area (Å²) < 4.78 is 0.843. The molecule has 3 N–H and O–H groups in total. The van der Waals surface area contributed by atoms with Crippen LogP contribution in [0.1, 0.15) is 18.9 Å². The first-order valence-electron chi connectivity index (χ1n) is 6.13. The summed E-state index contributed by atoms with van der Waals surface area (Å²) in [7, 11) is 0. The first-order valence-corrected chi connectivity index (χ1v) is 6.92. The molecule has 1 unspecified atom stereocenters. The standard InChI is InChI=1S/C13H16BrN3O2/c1-2-11-13(19)16-12(18)7-17(11)6-8-3-4-9(14)10(15)5-8/h3-5,11H,2,6-7,15H2,1H3,(H,16,18,19). The summed E-state index contributed by atoms with van der Waals surface area (Å²) in [5.41, 5.74) is 7.47. The molecule has 0 saturated carbocycles. The molecule has 2 rings (SSSR count). The Bertz CT molecular complexity index is 519. The molecule has 0 aliphatic carbocycles. The molecular weight excluding hydrogens is 310 g/mol. The molecule has 0 radical (unpaired) electrons. The normalized spacial score (nSPS) is 20.4. The number of nitrogens with one attached hydrogen (secondary N) is 1. The van der Waals surface area contributed by atoms with Crippen LogP contribution in [0.25, 0.3) is 0 Å². The van der Waals surface area contributed by atoms with Crippen LogP contribution in [0.4, 0.5) is 5.69 Å². The fourth-order valence-electron chi connectivity index (χ4n) is 2.26. The highest BCUT2D eigenvalue weighted by Crippen LogP contribution is 2.22. The van der Waals surface area contributed by atoms with Crippen molar-refractivity contribution >= 4 is 33.4 Å². The van der Waals surface area contributed by atoms with E-state index in [2.05, 4.69) is 21.2 Å². The van der Waals surface area contributed by atoms with E-state index in [0.717, 1.165) is 10.0 Å². The van der Waals surface area contributed by atoms with Gasteiger partial charge in [-0.05, 0) is 40.0 Å². The van der Waals surface area contributed by atoms with Crippen LogP contribution in [-0.2, 0) is 16.1 Å². The van der Waals surface area contributed by atoms with Crippen LogP contribution >= 0.6 is 15.9 Å². The third kappa shape index (κ3) is 3.13. The number of halogens is 1. The van der Waals surface area contributed by atoms with Gasteiger partial charge >= 0.3 is 0 Å². The molecule has 1 aliphatic rings. The molecule has 1 heterocycles. The van der Waals surface area contributed by atoms with Gasteiger partial charge in [0.25, 0.3) is 0 Å². The molecular formula is C13H16BrN3O2. The number of amides is 2. The lowest BCUT2D eigenvalue weighted by atomic mass is 10.1. The van der Waals surface area contributed by atoms with Crippen LogP contribution in [0.3, 0.4) is 0 Å². The Morgan fingerprint density at radius 2 is 2.21 bits per heavy atom. The van der Waals surface area contributed by atoms with Crippen molar-refractivity contribution in [2.75, 3.05) is 12.3 Å². The molecule has 0 aromatic heterocycles. The second-order valence-electron chi connectivity index (χ2n) is 4.60. The van der Waals surface area contributed by atoms with E-state index in [1.54, 1.807) is 0 Å². The largest absolute Gasteiger partial charge is 0.398 e. The predicted molar refractivity (Wildman–Crippen MR) is 76.2 cm³/mol. The Labute approximate surface area is 120 Å². The van der Waals surface area contributed by atoms with E-state index >= 15 is 0 Å². The third-order valence-electron chi connectivity index (χ3n) is 3.19. The number of rotatable bonds is 3. The molecule has 0 bridgehead atoms. The Kier molecular flexibility index (Phi) is 4.21. The Morgan fingerprint density at radius 1 is 1.47 bits per heavy atom. The quantitative estimate of drug-likeness (QED) is 0.648.